The maximum atomic E-state index is 12.2. The molecule has 2 fully saturated rings. The minimum atomic E-state index is -0.639. The molecule has 1 aliphatic heterocycles. The highest BCUT2D eigenvalue weighted by Crippen LogP contribution is 2.48. The lowest BCUT2D eigenvalue weighted by Gasteiger charge is -2.47. The van der Waals surface area contributed by atoms with Crippen LogP contribution in [0.4, 0.5) is 4.79 Å². The Morgan fingerprint density at radius 1 is 1.17 bits per heavy atom. The van der Waals surface area contributed by atoms with E-state index in [1.807, 2.05) is 20.8 Å². The minimum absolute atomic E-state index is 0.152. The highest BCUT2D eigenvalue weighted by molar-refractivity contribution is 5.75. The molecule has 1 aliphatic carbocycles. The molecule has 0 bridgehead atoms. The van der Waals surface area contributed by atoms with Crippen LogP contribution < -0.4 is 0 Å². The summed E-state index contributed by atoms with van der Waals surface area (Å²) in [6.07, 6.45) is 5.19. The Hall–Kier alpha value is -1.26. The van der Waals surface area contributed by atoms with Crippen LogP contribution in [0.5, 0.6) is 0 Å². The van der Waals surface area contributed by atoms with Gasteiger partial charge in [0, 0.05) is 13.1 Å². The number of likely N-dealkylation sites (tertiary alicyclic amines) is 1. The Morgan fingerprint density at radius 2 is 1.78 bits per heavy atom. The summed E-state index contributed by atoms with van der Waals surface area (Å²) in [5, 5.41) is 9.88. The molecular formula is C18H31NO4. The van der Waals surface area contributed by atoms with Crippen molar-refractivity contribution in [2.45, 2.75) is 71.8 Å². The van der Waals surface area contributed by atoms with E-state index in [4.69, 9.17) is 4.74 Å². The maximum absolute atomic E-state index is 12.2. The minimum Gasteiger partial charge on any atom is -0.481 e. The van der Waals surface area contributed by atoms with Gasteiger partial charge in [-0.1, -0.05) is 26.2 Å². The van der Waals surface area contributed by atoms with Gasteiger partial charge in [0.05, 0.1) is 5.41 Å². The summed E-state index contributed by atoms with van der Waals surface area (Å²) in [5.41, 5.74) is -1.08. The van der Waals surface area contributed by atoms with E-state index in [0.717, 1.165) is 38.5 Å². The van der Waals surface area contributed by atoms with Gasteiger partial charge in [-0.3, -0.25) is 4.79 Å². The lowest BCUT2D eigenvalue weighted by atomic mass is 9.60. The van der Waals surface area contributed by atoms with Gasteiger partial charge in [-0.15, -0.1) is 0 Å². The monoisotopic (exact) mass is 325 g/mol. The summed E-state index contributed by atoms with van der Waals surface area (Å²) < 4.78 is 5.45. The van der Waals surface area contributed by atoms with E-state index in [2.05, 4.69) is 6.92 Å². The first kappa shape index (κ1) is 18.1. The third kappa shape index (κ3) is 3.99. The molecule has 1 saturated heterocycles. The summed E-state index contributed by atoms with van der Waals surface area (Å²) in [5.74, 6) is -0.302. The molecule has 0 aromatic heterocycles. The second-order valence-electron chi connectivity index (χ2n) is 8.32. The van der Waals surface area contributed by atoms with Crippen LogP contribution in [0.1, 0.15) is 66.2 Å². The fourth-order valence-electron chi connectivity index (χ4n) is 4.38. The second-order valence-corrected chi connectivity index (χ2v) is 8.32. The highest BCUT2D eigenvalue weighted by atomic mass is 16.6. The van der Waals surface area contributed by atoms with Crippen molar-refractivity contribution in [1.29, 1.82) is 0 Å². The van der Waals surface area contributed by atoms with Crippen LogP contribution in [0.15, 0.2) is 0 Å². The molecule has 0 aromatic carbocycles. The van der Waals surface area contributed by atoms with E-state index in [-0.39, 0.29) is 17.9 Å². The molecule has 1 saturated carbocycles. The van der Waals surface area contributed by atoms with Gasteiger partial charge < -0.3 is 14.7 Å². The molecular weight excluding hydrogens is 294 g/mol. The van der Waals surface area contributed by atoms with Crippen LogP contribution >= 0.6 is 0 Å². The number of nitrogens with zero attached hydrogens (tertiary/aromatic N) is 1. The summed E-state index contributed by atoms with van der Waals surface area (Å²) >= 11 is 0. The number of aliphatic carboxylic acids is 1. The number of amides is 1. The third-order valence-corrected chi connectivity index (χ3v) is 5.44. The van der Waals surface area contributed by atoms with E-state index in [1.165, 1.54) is 0 Å². The lowest BCUT2D eigenvalue weighted by Crippen LogP contribution is -2.52. The molecule has 5 nitrogen and oxygen atoms in total. The molecule has 2 atom stereocenters. The van der Waals surface area contributed by atoms with Crippen molar-refractivity contribution in [3.63, 3.8) is 0 Å². The van der Waals surface area contributed by atoms with Crippen molar-refractivity contribution in [2.75, 3.05) is 13.1 Å². The first-order valence-electron chi connectivity index (χ1n) is 8.87. The van der Waals surface area contributed by atoms with Gasteiger partial charge in [0.25, 0.3) is 0 Å². The van der Waals surface area contributed by atoms with E-state index < -0.39 is 17.0 Å². The van der Waals surface area contributed by atoms with Gasteiger partial charge in [-0.2, -0.15) is 0 Å². The number of piperidine rings is 1. The first-order valence-corrected chi connectivity index (χ1v) is 8.87. The Balaban J connectivity index is 2.06. The molecule has 2 unspecified atom stereocenters. The summed E-state index contributed by atoms with van der Waals surface area (Å²) in [4.78, 5) is 26.0. The Kier molecular flexibility index (Phi) is 5.27. The van der Waals surface area contributed by atoms with Crippen LogP contribution in [0.25, 0.3) is 0 Å². The second kappa shape index (κ2) is 6.70. The van der Waals surface area contributed by atoms with Crippen molar-refractivity contribution in [3.8, 4) is 0 Å². The van der Waals surface area contributed by atoms with Crippen LogP contribution in [0.3, 0.4) is 0 Å². The number of carbonyl (C=O) groups is 2. The predicted octanol–water partition coefficient (Wildman–Crippen LogP) is 3.91. The summed E-state index contributed by atoms with van der Waals surface area (Å²) in [7, 11) is 0. The average molecular weight is 325 g/mol. The zero-order valence-corrected chi connectivity index (χ0v) is 14.9. The normalized spacial score (nSPS) is 28.3. The number of carboxylic acids is 1. The Morgan fingerprint density at radius 3 is 2.26 bits per heavy atom. The number of hydrogen-bond donors (Lipinski definition) is 1. The molecule has 1 N–H and O–H groups in total. The van der Waals surface area contributed by atoms with Gasteiger partial charge in [-0.25, -0.2) is 4.79 Å². The standard InChI is InChI=1S/C18H31NO4/c1-13-12-19(16(22)23-17(2,3)4)11-8-14(13)18(15(20)21)9-6-5-7-10-18/h13-14H,5-12H2,1-4H3,(H,20,21). The van der Waals surface area contributed by atoms with E-state index in [0.29, 0.717) is 13.1 Å². The van der Waals surface area contributed by atoms with Gasteiger partial charge >= 0.3 is 12.1 Å². The first-order chi connectivity index (χ1) is 10.7. The highest BCUT2D eigenvalue weighted by Gasteiger charge is 2.50. The molecule has 5 heteroatoms. The molecule has 132 valence electrons. The zero-order valence-electron chi connectivity index (χ0n) is 14.9. The number of carbonyl (C=O) groups excluding carboxylic acids is 1. The molecule has 23 heavy (non-hydrogen) atoms. The van der Waals surface area contributed by atoms with Crippen molar-refractivity contribution >= 4 is 12.1 Å². The molecule has 1 heterocycles. The Bertz CT molecular complexity index is 448. The topological polar surface area (TPSA) is 66.8 Å². The largest absolute Gasteiger partial charge is 0.481 e. The molecule has 2 rings (SSSR count). The third-order valence-electron chi connectivity index (χ3n) is 5.44. The van der Waals surface area contributed by atoms with Crippen LogP contribution in [0.2, 0.25) is 0 Å². The lowest BCUT2D eigenvalue weighted by molar-refractivity contribution is -0.159. The average Bonchev–Trinajstić information content (AvgIpc) is 2.45. The van der Waals surface area contributed by atoms with E-state index in [1.54, 1.807) is 4.90 Å². The van der Waals surface area contributed by atoms with Gasteiger partial charge in [0.15, 0.2) is 0 Å². The quantitative estimate of drug-likeness (QED) is 0.835. The number of carboxylic acid groups (broad SMARTS) is 1. The number of rotatable bonds is 2. The number of hydrogen-bond acceptors (Lipinski definition) is 3. The van der Waals surface area contributed by atoms with Crippen molar-refractivity contribution in [3.05, 3.63) is 0 Å². The Labute approximate surface area is 139 Å². The maximum Gasteiger partial charge on any atom is 0.410 e. The smallest absolute Gasteiger partial charge is 0.410 e. The molecule has 0 aromatic rings. The van der Waals surface area contributed by atoms with Crippen LogP contribution in [-0.4, -0.2) is 40.8 Å². The van der Waals surface area contributed by atoms with Gasteiger partial charge in [-0.05, 0) is 51.9 Å². The number of ether oxygens (including phenoxy) is 1. The van der Waals surface area contributed by atoms with Crippen molar-refractivity contribution in [2.24, 2.45) is 17.3 Å². The van der Waals surface area contributed by atoms with Crippen LogP contribution in [0, 0.1) is 17.3 Å². The summed E-state index contributed by atoms with van der Waals surface area (Å²) in [6.45, 7) is 8.86. The molecule has 1 amide bonds. The summed E-state index contributed by atoms with van der Waals surface area (Å²) in [6, 6.07) is 0. The van der Waals surface area contributed by atoms with Crippen molar-refractivity contribution in [1.82, 2.24) is 4.90 Å². The van der Waals surface area contributed by atoms with Gasteiger partial charge in [0.2, 0.25) is 0 Å². The predicted molar refractivity (Wildman–Crippen MR) is 88.2 cm³/mol. The molecule has 0 spiro atoms. The van der Waals surface area contributed by atoms with E-state index in [9.17, 15) is 14.7 Å². The van der Waals surface area contributed by atoms with Crippen molar-refractivity contribution < 1.29 is 19.4 Å². The van der Waals surface area contributed by atoms with Gasteiger partial charge in [0.1, 0.15) is 5.60 Å². The van der Waals surface area contributed by atoms with E-state index >= 15 is 0 Å². The fraction of sp³-hybridized carbons (Fsp3) is 0.889. The zero-order chi connectivity index (χ0) is 17.3. The SMILES string of the molecule is CC1CN(C(=O)OC(C)(C)C)CCC1C1(C(=O)O)CCCCC1. The molecule has 2 aliphatic rings. The fourth-order valence-corrected chi connectivity index (χ4v) is 4.38. The van der Waals surface area contributed by atoms with Crippen LogP contribution in [-0.2, 0) is 9.53 Å². The molecule has 0 radical (unpaired) electrons.